The van der Waals surface area contributed by atoms with Gasteiger partial charge >= 0.3 is 0 Å². The van der Waals surface area contributed by atoms with E-state index >= 15 is 0 Å². The molecule has 0 unspecified atom stereocenters. The third-order valence-corrected chi connectivity index (χ3v) is 5.99. The van der Waals surface area contributed by atoms with Crippen LogP contribution in [0, 0.1) is 11.3 Å². The Morgan fingerprint density at radius 1 is 1.40 bits per heavy atom. The summed E-state index contributed by atoms with van der Waals surface area (Å²) in [5.74, 6) is 0. The van der Waals surface area contributed by atoms with Gasteiger partial charge < -0.3 is 0 Å². The zero-order valence-corrected chi connectivity index (χ0v) is 13.9. The first kappa shape index (κ1) is 15.5. The molecule has 2 aromatic rings. The quantitative estimate of drug-likeness (QED) is 0.867. The van der Waals surface area contributed by atoms with Crippen molar-refractivity contribution in [2.45, 2.75) is 11.4 Å². The summed E-state index contributed by atoms with van der Waals surface area (Å²) >= 11 is 10.7. The first-order valence-corrected chi connectivity index (χ1v) is 8.88. The van der Waals surface area contributed by atoms with E-state index in [1.165, 1.54) is 29.5 Å². The van der Waals surface area contributed by atoms with Gasteiger partial charge in [-0.3, -0.25) is 0 Å². The molecule has 0 atom stereocenters. The molecule has 0 radical (unpaired) electrons. The van der Waals surface area contributed by atoms with E-state index in [0.29, 0.717) is 5.56 Å². The van der Waals surface area contributed by atoms with Crippen molar-refractivity contribution in [2.24, 2.45) is 0 Å². The lowest BCUT2D eigenvalue weighted by Crippen LogP contribution is -2.23. The molecular formula is C12H8BrClN2O2S2. The Morgan fingerprint density at radius 3 is 2.70 bits per heavy atom. The van der Waals surface area contributed by atoms with Crippen LogP contribution >= 0.6 is 38.9 Å². The van der Waals surface area contributed by atoms with E-state index in [0.717, 1.165) is 9.35 Å². The summed E-state index contributed by atoms with van der Waals surface area (Å²) in [6, 6.07) is 7.82. The molecule has 0 aliphatic carbocycles. The van der Waals surface area contributed by atoms with Gasteiger partial charge in [-0.2, -0.15) is 5.26 Å². The number of hydrogen-bond acceptors (Lipinski definition) is 4. The zero-order valence-electron chi connectivity index (χ0n) is 9.93. The highest BCUT2D eigenvalue weighted by Gasteiger charge is 2.18. The van der Waals surface area contributed by atoms with Crippen molar-refractivity contribution in [1.82, 2.24) is 4.72 Å². The number of thiophene rings is 1. The normalized spacial score (nSPS) is 11.2. The minimum Gasteiger partial charge on any atom is -0.207 e. The summed E-state index contributed by atoms with van der Waals surface area (Å²) in [4.78, 5) is 0.846. The van der Waals surface area contributed by atoms with E-state index < -0.39 is 10.0 Å². The first-order chi connectivity index (χ1) is 9.42. The lowest BCUT2D eigenvalue weighted by atomic mass is 10.2. The topological polar surface area (TPSA) is 70.0 Å². The molecule has 0 fully saturated rings. The van der Waals surface area contributed by atoms with E-state index in [2.05, 4.69) is 20.7 Å². The average molecular weight is 392 g/mol. The molecule has 0 amide bonds. The van der Waals surface area contributed by atoms with Crippen LogP contribution in [0.3, 0.4) is 0 Å². The van der Waals surface area contributed by atoms with Crippen LogP contribution in [0.15, 0.2) is 39.0 Å². The second-order valence-electron chi connectivity index (χ2n) is 3.81. The van der Waals surface area contributed by atoms with Gasteiger partial charge in [0.1, 0.15) is 4.90 Å². The van der Waals surface area contributed by atoms with E-state index in [4.69, 9.17) is 16.9 Å². The second-order valence-corrected chi connectivity index (χ2v) is 7.87. The van der Waals surface area contributed by atoms with Crippen LogP contribution in [-0.2, 0) is 16.6 Å². The van der Waals surface area contributed by atoms with Crippen LogP contribution in [-0.4, -0.2) is 8.42 Å². The summed E-state index contributed by atoms with van der Waals surface area (Å²) in [5.41, 5.74) is 0.316. The van der Waals surface area contributed by atoms with Gasteiger partial charge in [-0.25, -0.2) is 13.1 Å². The summed E-state index contributed by atoms with van der Waals surface area (Å²) < 4.78 is 27.7. The summed E-state index contributed by atoms with van der Waals surface area (Å²) in [7, 11) is -3.70. The van der Waals surface area contributed by atoms with Crippen molar-refractivity contribution >= 4 is 48.9 Å². The fraction of sp³-hybridized carbons (Fsp3) is 0.0833. The molecule has 2 rings (SSSR count). The van der Waals surface area contributed by atoms with Crippen molar-refractivity contribution < 1.29 is 8.42 Å². The van der Waals surface area contributed by atoms with Gasteiger partial charge in [0, 0.05) is 21.3 Å². The van der Waals surface area contributed by atoms with Crippen LogP contribution in [0.4, 0.5) is 0 Å². The Hall–Kier alpha value is -0.910. The Balaban J connectivity index is 2.20. The highest BCUT2D eigenvalue weighted by atomic mass is 79.9. The van der Waals surface area contributed by atoms with Crippen LogP contribution < -0.4 is 4.72 Å². The highest BCUT2D eigenvalue weighted by Crippen LogP contribution is 2.24. The van der Waals surface area contributed by atoms with Gasteiger partial charge in [-0.15, -0.1) is 11.3 Å². The summed E-state index contributed by atoms with van der Waals surface area (Å²) in [5, 5.41) is 10.6. The molecule has 1 aromatic heterocycles. The molecule has 1 aromatic carbocycles. The average Bonchev–Trinajstić information content (AvgIpc) is 2.82. The lowest BCUT2D eigenvalue weighted by molar-refractivity contribution is 0.582. The number of benzene rings is 1. The Morgan fingerprint density at radius 2 is 2.15 bits per heavy atom. The van der Waals surface area contributed by atoms with E-state index in [9.17, 15) is 8.42 Å². The predicted molar refractivity (Wildman–Crippen MR) is 82.2 cm³/mol. The number of halogens is 2. The number of nitrogens with one attached hydrogen (secondary N) is 1. The van der Waals surface area contributed by atoms with Crippen LogP contribution in [0.25, 0.3) is 0 Å². The van der Waals surface area contributed by atoms with E-state index in [1.807, 2.05) is 17.5 Å². The third-order valence-electron chi connectivity index (χ3n) is 2.41. The number of nitriles is 1. The standard InChI is InChI=1S/C12H8BrClN2O2S2/c13-9-4-10(19-7-9)6-16-20(17,18)12-2-1-8(5-15)3-11(12)14/h1-4,7,16H,6H2. The Kier molecular flexibility index (Phi) is 4.83. The SMILES string of the molecule is N#Cc1ccc(S(=O)(=O)NCc2cc(Br)cs2)c(Cl)c1. The van der Waals surface area contributed by atoms with Crippen LogP contribution in [0.2, 0.25) is 5.02 Å². The van der Waals surface area contributed by atoms with Crippen LogP contribution in [0.1, 0.15) is 10.4 Å². The fourth-order valence-corrected chi connectivity index (χ4v) is 4.51. The highest BCUT2D eigenvalue weighted by molar-refractivity contribution is 9.10. The summed E-state index contributed by atoms with van der Waals surface area (Å²) in [6.45, 7) is 0.189. The molecule has 8 heteroatoms. The minimum atomic E-state index is -3.70. The minimum absolute atomic E-state index is 0.0314. The van der Waals surface area contributed by atoms with Crippen molar-refractivity contribution in [2.75, 3.05) is 0 Å². The number of rotatable bonds is 4. The molecule has 0 saturated heterocycles. The molecule has 0 aliphatic heterocycles. The molecule has 0 spiro atoms. The third kappa shape index (κ3) is 3.59. The lowest BCUT2D eigenvalue weighted by Gasteiger charge is -2.07. The van der Waals surface area contributed by atoms with E-state index in [-0.39, 0.29) is 16.5 Å². The van der Waals surface area contributed by atoms with Gasteiger partial charge in [0.25, 0.3) is 0 Å². The monoisotopic (exact) mass is 390 g/mol. The summed E-state index contributed by atoms with van der Waals surface area (Å²) in [6.07, 6.45) is 0. The number of nitrogens with zero attached hydrogens (tertiary/aromatic N) is 1. The molecule has 0 saturated carbocycles. The smallest absolute Gasteiger partial charge is 0.207 e. The molecular weight excluding hydrogens is 384 g/mol. The largest absolute Gasteiger partial charge is 0.242 e. The molecule has 20 heavy (non-hydrogen) atoms. The fourth-order valence-electron chi connectivity index (χ4n) is 1.48. The maximum absolute atomic E-state index is 12.1. The molecule has 104 valence electrons. The maximum atomic E-state index is 12.1. The van der Waals surface area contributed by atoms with Crippen molar-refractivity contribution in [1.29, 1.82) is 5.26 Å². The zero-order chi connectivity index (χ0) is 14.8. The number of hydrogen-bond donors (Lipinski definition) is 1. The van der Waals surface area contributed by atoms with Gasteiger partial charge in [0.15, 0.2) is 0 Å². The van der Waals surface area contributed by atoms with E-state index in [1.54, 1.807) is 0 Å². The van der Waals surface area contributed by atoms with Crippen molar-refractivity contribution in [3.05, 3.63) is 49.6 Å². The molecule has 4 nitrogen and oxygen atoms in total. The first-order valence-electron chi connectivity index (χ1n) is 5.34. The maximum Gasteiger partial charge on any atom is 0.242 e. The molecule has 0 bridgehead atoms. The van der Waals surface area contributed by atoms with Gasteiger partial charge in [-0.1, -0.05) is 11.6 Å². The number of sulfonamides is 1. The van der Waals surface area contributed by atoms with Crippen molar-refractivity contribution in [3.63, 3.8) is 0 Å². The second kappa shape index (κ2) is 6.24. The molecule has 1 N–H and O–H groups in total. The predicted octanol–water partition coefficient (Wildman–Crippen LogP) is 3.51. The van der Waals surface area contributed by atoms with Gasteiger partial charge in [-0.05, 0) is 40.2 Å². The Bertz CT molecular complexity index is 781. The van der Waals surface area contributed by atoms with Crippen molar-refractivity contribution in [3.8, 4) is 6.07 Å². The molecule has 0 aliphatic rings. The molecule has 1 heterocycles. The Labute approximate surface area is 134 Å². The van der Waals surface area contributed by atoms with Gasteiger partial charge in [0.05, 0.1) is 16.7 Å². The van der Waals surface area contributed by atoms with Crippen LogP contribution in [0.5, 0.6) is 0 Å². The van der Waals surface area contributed by atoms with Gasteiger partial charge in [0.2, 0.25) is 10.0 Å².